The molecule has 0 aromatic carbocycles. The molecule has 0 saturated carbocycles. The maximum absolute atomic E-state index is 8.98. The molecule has 0 spiro atoms. The molecule has 20 heavy (non-hydrogen) atoms. The quantitative estimate of drug-likeness (QED) is 0.800. The van der Waals surface area contributed by atoms with E-state index < -0.39 is 0 Å². The Bertz CT molecular complexity index is 418. The highest BCUT2D eigenvalue weighted by atomic mass is 16.3. The van der Waals surface area contributed by atoms with Crippen LogP contribution in [0.1, 0.15) is 18.9 Å². The number of aromatic nitrogens is 2. The zero-order valence-corrected chi connectivity index (χ0v) is 12.5. The number of aliphatic hydroxyl groups is 1. The van der Waals surface area contributed by atoms with Gasteiger partial charge in [-0.25, -0.2) is 4.98 Å². The summed E-state index contributed by atoms with van der Waals surface area (Å²) in [4.78, 5) is 13.6. The number of nitrogens with one attached hydrogen (secondary N) is 1. The van der Waals surface area contributed by atoms with E-state index in [4.69, 9.17) is 5.11 Å². The third-order valence-corrected chi connectivity index (χ3v) is 3.57. The van der Waals surface area contributed by atoms with Crippen molar-refractivity contribution in [3.63, 3.8) is 0 Å². The predicted octanol–water partition coefficient (Wildman–Crippen LogP) is 0.721. The second kappa shape index (κ2) is 7.40. The first-order valence-electron chi connectivity index (χ1n) is 7.40. The lowest BCUT2D eigenvalue weighted by Crippen LogP contribution is -2.47. The van der Waals surface area contributed by atoms with Crippen LogP contribution < -0.4 is 10.2 Å². The predicted molar refractivity (Wildman–Crippen MR) is 81.3 cm³/mol. The van der Waals surface area contributed by atoms with Crippen LogP contribution in [0.25, 0.3) is 0 Å². The summed E-state index contributed by atoms with van der Waals surface area (Å²) in [6.07, 6.45) is 2.95. The van der Waals surface area contributed by atoms with E-state index in [9.17, 15) is 0 Å². The Balaban J connectivity index is 2.01. The number of piperazine rings is 1. The van der Waals surface area contributed by atoms with Gasteiger partial charge in [0, 0.05) is 51.0 Å². The minimum absolute atomic E-state index is 0.234. The molecule has 1 aromatic heterocycles. The highest BCUT2D eigenvalue weighted by Gasteiger charge is 2.19. The molecule has 0 aliphatic carbocycles. The average Bonchev–Trinajstić information content (AvgIpc) is 2.48. The summed E-state index contributed by atoms with van der Waals surface area (Å²) in [5.41, 5.74) is 1.11. The number of nitrogens with zero attached hydrogens (tertiary/aromatic N) is 4. The Labute approximate surface area is 120 Å². The van der Waals surface area contributed by atoms with Crippen LogP contribution in [0.4, 0.5) is 11.8 Å². The van der Waals surface area contributed by atoms with Gasteiger partial charge in [-0.15, -0.1) is 0 Å². The molecule has 0 bridgehead atoms. The zero-order chi connectivity index (χ0) is 14.4. The lowest BCUT2D eigenvalue weighted by Gasteiger charge is -2.35. The number of aryl methyl sites for hydroxylation is 1. The second-order valence-electron chi connectivity index (χ2n) is 5.18. The first-order valence-corrected chi connectivity index (χ1v) is 7.40. The zero-order valence-electron chi connectivity index (χ0n) is 12.5. The van der Waals surface area contributed by atoms with Gasteiger partial charge in [0.25, 0.3) is 0 Å². The fourth-order valence-electron chi connectivity index (χ4n) is 2.40. The maximum atomic E-state index is 8.98. The standard InChI is InChI=1S/C14H25N5O/c1-3-4-15-14-16-11-12(2)13(17-14)19-7-5-18(6-8-19)9-10-20/h11,20H,3-10H2,1-2H3,(H,15,16,17). The minimum atomic E-state index is 0.234. The van der Waals surface area contributed by atoms with Crippen LogP contribution in [0.5, 0.6) is 0 Å². The molecule has 1 aromatic rings. The van der Waals surface area contributed by atoms with Crippen LogP contribution in [-0.2, 0) is 0 Å². The topological polar surface area (TPSA) is 64.5 Å². The van der Waals surface area contributed by atoms with Gasteiger partial charge in [-0.2, -0.15) is 4.98 Å². The lowest BCUT2D eigenvalue weighted by molar-refractivity contribution is 0.188. The van der Waals surface area contributed by atoms with Crippen LogP contribution >= 0.6 is 0 Å². The molecule has 1 aliphatic heterocycles. The fourth-order valence-corrected chi connectivity index (χ4v) is 2.40. The van der Waals surface area contributed by atoms with E-state index in [2.05, 4.69) is 38.9 Å². The molecule has 2 heterocycles. The van der Waals surface area contributed by atoms with Crippen molar-refractivity contribution in [2.45, 2.75) is 20.3 Å². The highest BCUT2D eigenvalue weighted by molar-refractivity contribution is 5.49. The van der Waals surface area contributed by atoms with Crippen molar-refractivity contribution in [3.8, 4) is 0 Å². The van der Waals surface area contributed by atoms with E-state index in [1.807, 2.05) is 6.20 Å². The van der Waals surface area contributed by atoms with Crippen LogP contribution in [0.3, 0.4) is 0 Å². The molecule has 2 N–H and O–H groups in total. The fraction of sp³-hybridized carbons (Fsp3) is 0.714. The molecule has 0 atom stereocenters. The molecular formula is C14H25N5O. The molecule has 0 radical (unpaired) electrons. The summed E-state index contributed by atoms with van der Waals surface area (Å²) < 4.78 is 0. The molecule has 0 amide bonds. The molecular weight excluding hydrogens is 254 g/mol. The van der Waals surface area contributed by atoms with Gasteiger partial charge in [0.2, 0.25) is 5.95 Å². The third kappa shape index (κ3) is 3.80. The third-order valence-electron chi connectivity index (χ3n) is 3.57. The summed E-state index contributed by atoms with van der Waals surface area (Å²) in [5.74, 6) is 1.74. The molecule has 2 rings (SSSR count). The van der Waals surface area contributed by atoms with Gasteiger partial charge in [0.15, 0.2) is 0 Å². The summed E-state index contributed by atoms with van der Waals surface area (Å²) >= 11 is 0. The Morgan fingerprint density at radius 3 is 2.70 bits per heavy atom. The van der Waals surface area contributed by atoms with Crippen molar-refractivity contribution in [2.24, 2.45) is 0 Å². The van der Waals surface area contributed by atoms with Crippen molar-refractivity contribution in [1.82, 2.24) is 14.9 Å². The first-order chi connectivity index (χ1) is 9.74. The van der Waals surface area contributed by atoms with Gasteiger partial charge >= 0.3 is 0 Å². The molecule has 6 nitrogen and oxygen atoms in total. The number of β-amino-alcohol motifs (C(OH)–C–C–N with tert-alkyl or cyclic N) is 1. The number of hydrogen-bond acceptors (Lipinski definition) is 6. The summed E-state index contributed by atoms with van der Waals surface area (Å²) in [6.45, 7) is 9.92. The monoisotopic (exact) mass is 279 g/mol. The Morgan fingerprint density at radius 1 is 1.30 bits per heavy atom. The number of hydrogen-bond donors (Lipinski definition) is 2. The van der Waals surface area contributed by atoms with Crippen LogP contribution in [0, 0.1) is 6.92 Å². The van der Waals surface area contributed by atoms with Gasteiger partial charge < -0.3 is 15.3 Å². The van der Waals surface area contributed by atoms with Crippen LogP contribution in [-0.4, -0.2) is 65.8 Å². The van der Waals surface area contributed by atoms with E-state index >= 15 is 0 Å². The Hall–Kier alpha value is -1.40. The first kappa shape index (κ1) is 15.0. The van der Waals surface area contributed by atoms with Gasteiger partial charge in [0.1, 0.15) is 5.82 Å². The van der Waals surface area contributed by atoms with Gasteiger partial charge in [0.05, 0.1) is 6.61 Å². The van der Waals surface area contributed by atoms with E-state index in [0.717, 1.165) is 57.1 Å². The van der Waals surface area contributed by atoms with Crippen LogP contribution in [0.15, 0.2) is 6.20 Å². The summed E-state index contributed by atoms with van der Waals surface area (Å²) in [5, 5.41) is 12.2. The molecule has 1 saturated heterocycles. The van der Waals surface area contributed by atoms with Crippen molar-refractivity contribution >= 4 is 11.8 Å². The van der Waals surface area contributed by atoms with E-state index in [1.54, 1.807) is 0 Å². The molecule has 1 aliphatic rings. The molecule has 0 unspecified atom stereocenters. The van der Waals surface area contributed by atoms with Gasteiger partial charge in [-0.3, -0.25) is 4.90 Å². The number of aliphatic hydroxyl groups excluding tert-OH is 1. The lowest BCUT2D eigenvalue weighted by atomic mass is 10.2. The van der Waals surface area contributed by atoms with E-state index in [-0.39, 0.29) is 6.61 Å². The maximum Gasteiger partial charge on any atom is 0.224 e. The number of rotatable bonds is 6. The van der Waals surface area contributed by atoms with Crippen molar-refractivity contribution < 1.29 is 5.11 Å². The highest BCUT2D eigenvalue weighted by Crippen LogP contribution is 2.19. The Morgan fingerprint density at radius 2 is 2.05 bits per heavy atom. The van der Waals surface area contributed by atoms with E-state index in [0.29, 0.717) is 5.95 Å². The van der Waals surface area contributed by atoms with Gasteiger partial charge in [-0.1, -0.05) is 6.92 Å². The molecule has 6 heteroatoms. The van der Waals surface area contributed by atoms with Crippen LogP contribution in [0.2, 0.25) is 0 Å². The SMILES string of the molecule is CCCNc1ncc(C)c(N2CCN(CCO)CC2)n1. The average molecular weight is 279 g/mol. The van der Waals surface area contributed by atoms with E-state index in [1.165, 1.54) is 0 Å². The number of anilines is 2. The minimum Gasteiger partial charge on any atom is -0.395 e. The van der Waals surface area contributed by atoms with Crippen molar-refractivity contribution in [1.29, 1.82) is 0 Å². The normalized spacial score (nSPS) is 16.4. The summed E-state index contributed by atoms with van der Waals surface area (Å²) in [7, 11) is 0. The second-order valence-corrected chi connectivity index (χ2v) is 5.18. The smallest absolute Gasteiger partial charge is 0.224 e. The van der Waals surface area contributed by atoms with Crippen molar-refractivity contribution in [2.75, 3.05) is 56.1 Å². The summed E-state index contributed by atoms with van der Waals surface area (Å²) in [6, 6.07) is 0. The molecule has 1 fully saturated rings. The Kier molecular flexibility index (Phi) is 5.55. The van der Waals surface area contributed by atoms with Crippen molar-refractivity contribution in [3.05, 3.63) is 11.8 Å². The largest absolute Gasteiger partial charge is 0.395 e. The van der Waals surface area contributed by atoms with Gasteiger partial charge in [-0.05, 0) is 13.3 Å². The molecule has 112 valence electrons.